The molecule has 2 aliphatic rings. The third kappa shape index (κ3) is 13.4. The predicted molar refractivity (Wildman–Crippen MR) is 373 cm³/mol. The number of nitrogens with zero attached hydrogens (tertiary/aromatic N) is 6. The van der Waals surface area contributed by atoms with Gasteiger partial charge in [0.15, 0.2) is 11.4 Å². The summed E-state index contributed by atoms with van der Waals surface area (Å²) in [6.07, 6.45) is 24.7. The van der Waals surface area contributed by atoms with Crippen LogP contribution < -0.4 is 9.80 Å². The van der Waals surface area contributed by atoms with Crippen molar-refractivity contribution in [2.75, 3.05) is 62.2 Å². The van der Waals surface area contributed by atoms with Crippen molar-refractivity contribution in [3.8, 4) is 22.5 Å². The van der Waals surface area contributed by atoms with Gasteiger partial charge in [-0.25, -0.2) is 17.9 Å². The number of allylic oxidation sites excluding steroid dienone is 10. The van der Waals surface area contributed by atoms with Gasteiger partial charge in [-0.15, -0.1) is 0 Å². The van der Waals surface area contributed by atoms with Crippen LogP contribution in [0.4, 0.5) is 20.2 Å². The number of benzene rings is 6. The van der Waals surface area contributed by atoms with Crippen LogP contribution in [0.2, 0.25) is 0 Å². The minimum atomic E-state index is -0.240. The molecule has 0 spiro atoms. The van der Waals surface area contributed by atoms with E-state index >= 15 is 0 Å². The zero-order chi connectivity index (χ0) is 61.7. The van der Waals surface area contributed by atoms with Crippen molar-refractivity contribution in [2.24, 2.45) is 5.92 Å². The first-order valence-corrected chi connectivity index (χ1v) is 33.0. The fourth-order valence-electron chi connectivity index (χ4n) is 13.8. The molecule has 8 heteroatoms. The van der Waals surface area contributed by atoms with Gasteiger partial charge >= 0.3 is 0 Å². The lowest BCUT2D eigenvalue weighted by molar-refractivity contribution is -0.519. The van der Waals surface area contributed by atoms with Gasteiger partial charge in [0, 0.05) is 108 Å². The predicted octanol–water partition coefficient (Wildman–Crippen LogP) is 19.4. The summed E-state index contributed by atoms with van der Waals surface area (Å²) in [6.45, 7) is 29.2. The first kappa shape index (κ1) is 62.7. The zero-order valence-electron chi connectivity index (χ0n) is 53.8. The number of hydrogen-bond acceptors (Lipinski definition) is 2. The van der Waals surface area contributed by atoms with E-state index in [9.17, 15) is 8.78 Å². The molecule has 88 heavy (non-hydrogen) atoms. The molecule has 0 saturated heterocycles. The Morgan fingerprint density at radius 2 is 0.773 bits per heavy atom. The average molecular weight is 1180 g/mol. The van der Waals surface area contributed by atoms with Crippen LogP contribution in [0.3, 0.4) is 0 Å². The highest BCUT2D eigenvalue weighted by Crippen LogP contribution is 2.46. The van der Waals surface area contributed by atoms with Crippen molar-refractivity contribution in [1.29, 1.82) is 0 Å². The normalized spacial score (nSPS) is 13.4. The molecule has 454 valence electrons. The number of halogens is 2. The molecule has 1 atom stereocenters. The van der Waals surface area contributed by atoms with E-state index in [2.05, 4.69) is 236 Å². The molecule has 0 bridgehead atoms. The van der Waals surface area contributed by atoms with Gasteiger partial charge in [0.1, 0.15) is 37.8 Å². The molecule has 6 aromatic carbocycles. The minimum absolute atomic E-state index is 0.240. The van der Waals surface area contributed by atoms with Gasteiger partial charge in [0.25, 0.3) is 0 Å². The fraction of sp³-hybridized carbons (Fsp3) is 0.325. The van der Waals surface area contributed by atoms with Crippen LogP contribution in [0, 0.1) is 17.6 Å². The van der Waals surface area contributed by atoms with E-state index in [0.717, 1.165) is 149 Å². The number of hydrogen-bond donors (Lipinski definition) is 0. The van der Waals surface area contributed by atoms with Crippen LogP contribution in [-0.4, -0.2) is 82.1 Å². The quantitative estimate of drug-likeness (QED) is 0.0398. The van der Waals surface area contributed by atoms with Gasteiger partial charge < -0.3 is 18.9 Å². The summed E-state index contributed by atoms with van der Waals surface area (Å²) in [5.74, 6) is 0.0596. The largest absolute Gasteiger partial charge is 0.372 e. The van der Waals surface area contributed by atoms with E-state index in [4.69, 9.17) is 0 Å². The van der Waals surface area contributed by atoms with Gasteiger partial charge in [-0.3, -0.25) is 0 Å². The number of rotatable bonds is 26. The Hall–Kier alpha value is -8.36. The lowest BCUT2D eigenvalue weighted by Crippen LogP contribution is -2.21. The molecular formula is C80H92F2N6+2. The van der Waals surface area contributed by atoms with Gasteiger partial charge in [-0.05, 0) is 234 Å². The number of anilines is 2. The molecule has 10 rings (SSSR count). The smallest absolute Gasteiger partial charge is 0.199 e. The van der Waals surface area contributed by atoms with Crippen LogP contribution >= 0.6 is 0 Å². The average Bonchev–Trinajstić information content (AvgIpc) is 1.65. The third-order valence-electron chi connectivity index (χ3n) is 18.6. The Bertz CT molecular complexity index is 3910. The zero-order valence-corrected chi connectivity index (χ0v) is 53.8. The van der Waals surface area contributed by atoms with Crippen LogP contribution in [0.5, 0.6) is 0 Å². The number of aryl methyl sites for hydroxylation is 2. The van der Waals surface area contributed by atoms with E-state index in [-0.39, 0.29) is 11.6 Å². The second-order valence-electron chi connectivity index (χ2n) is 23.3. The summed E-state index contributed by atoms with van der Waals surface area (Å²) in [5.41, 5.74) is 20.8. The monoisotopic (exact) mass is 1170 g/mol. The van der Waals surface area contributed by atoms with E-state index in [1.54, 1.807) is 24.3 Å². The second-order valence-corrected chi connectivity index (χ2v) is 23.3. The van der Waals surface area contributed by atoms with E-state index in [1.807, 2.05) is 24.3 Å². The molecule has 0 radical (unpaired) electrons. The molecule has 1 unspecified atom stereocenters. The Morgan fingerprint density at radius 1 is 0.409 bits per heavy atom. The molecule has 2 aromatic heterocycles. The van der Waals surface area contributed by atoms with Crippen LogP contribution in [0.15, 0.2) is 205 Å². The highest BCUT2D eigenvalue weighted by atomic mass is 19.1. The topological polar surface area (TPSA) is 22.4 Å². The third-order valence-corrected chi connectivity index (χ3v) is 18.6. The van der Waals surface area contributed by atoms with Crippen molar-refractivity contribution in [1.82, 2.24) is 9.13 Å². The van der Waals surface area contributed by atoms with Crippen molar-refractivity contribution in [3.63, 3.8) is 0 Å². The maximum Gasteiger partial charge on any atom is 0.199 e. The Kier molecular flexibility index (Phi) is 21.1. The Morgan fingerprint density at radius 3 is 1.14 bits per heavy atom. The van der Waals surface area contributed by atoms with Crippen molar-refractivity contribution >= 4 is 55.8 Å². The molecular weight excluding hydrogens is 1080 g/mol. The molecule has 2 aliphatic carbocycles. The standard InChI is InChI=1S/C80H92F2N6/c1-10-58(27-25-57-88-74-31-22-20-29-72(74)78(80(88)64-34-46-66(82)47-35-64)76(61-40-52-69(53-41-61)85(15-6)16-7)62-42-54-70(55-43-62)86(17-8)18-9)26-23-24-56-87-73-30-21-19-28-71(73)77(79(87)63-32-44-65(81)45-33-63)75(59-36-48-67(49-37-59)83(11-2)12-3)60-38-50-68(51-39-60)84(13-4)14-5/h19-22,28-55,58H,10-18,23-27,56-57H2,1-9H3/q+2. The number of fused-ring (bicyclic) bond motifs is 2. The lowest BCUT2D eigenvalue weighted by atomic mass is 9.87. The summed E-state index contributed by atoms with van der Waals surface area (Å²) < 4.78 is 39.8. The highest BCUT2D eigenvalue weighted by Gasteiger charge is 2.28. The molecule has 6 nitrogen and oxygen atoms in total. The number of aromatic nitrogens is 2. The number of para-hydroxylation sites is 2. The molecule has 2 heterocycles. The molecule has 0 saturated carbocycles. The first-order chi connectivity index (χ1) is 43.1. The lowest BCUT2D eigenvalue weighted by Gasteiger charge is -2.22. The molecule has 0 N–H and O–H groups in total. The SMILES string of the molecule is CCC(CCCCn1c(-c2ccc(F)cc2)c(C(=C2C=CC(=[N+](CC)CC)C=C2)c2ccc(N(CC)CC)cc2)c2ccccc21)CCCn1c(-c2ccc(F)cc2)c(C(=C2C=CC(=[N+](CC)CC)C=C2)c2ccc(N(CC)CC)cc2)c2ccccc21. The van der Waals surface area contributed by atoms with Gasteiger partial charge in [-0.2, -0.15) is 0 Å². The van der Waals surface area contributed by atoms with E-state index < -0.39 is 0 Å². The summed E-state index contributed by atoms with van der Waals surface area (Å²) in [4.78, 5) is 4.79. The molecule has 8 aromatic rings. The fourth-order valence-corrected chi connectivity index (χ4v) is 13.8. The van der Waals surface area contributed by atoms with Gasteiger partial charge in [0.2, 0.25) is 0 Å². The Balaban J connectivity index is 0.977. The summed E-state index contributed by atoms with van der Waals surface area (Å²) in [6, 6.07) is 50.3. The van der Waals surface area contributed by atoms with E-state index in [0.29, 0.717) is 5.92 Å². The van der Waals surface area contributed by atoms with Crippen molar-refractivity contribution in [3.05, 3.63) is 239 Å². The van der Waals surface area contributed by atoms with Crippen molar-refractivity contribution < 1.29 is 17.9 Å². The molecule has 0 fully saturated rings. The van der Waals surface area contributed by atoms with E-state index in [1.165, 1.54) is 66.9 Å². The summed E-state index contributed by atoms with van der Waals surface area (Å²) in [7, 11) is 0. The second kappa shape index (κ2) is 29.6. The maximum atomic E-state index is 15.0. The molecule has 0 aliphatic heterocycles. The Labute approximate surface area is 523 Å². The first-order valence-electron chi connectivity index (χ1n) is 33.0. The highest BCUT2D eigenvalue weighted by molar-refractivity contribution is 6.10. The molecule has 0 amide bonds. The summed E-state index contributed by atoms with van der Waals surface area (Å²) >= 11 is 0. The van der Waals surface area contributed by atoms with Crippen LogP contribution in [0.25, 0.3) is 55.5 Å². The number of unbranched alkanes of at least 4 members (excludes halogenated alkanes) is 1. The van der Waals surface area contributed by atoms with Gasteiger partial charge in [-0.1, -0.05) is 86.8 Å². The van der Waals surface area contributed by atoms with Crippen molar-refractivity contribution in [2.45, 2.75) is 114 Å². The maximum absolute atomic E-state index is 15.0. The summed E-state index contributed by atoms with van der Waals surface area (Å²) in [5, 5.41) is 2.38. The van der Waals surface area contributed by atoms with Crippen LogP contribution in [-0.2, 0) is 13.1 Å². The minimum Gasteiger partial charge on any atom is -0.372 e. The van der Waals surface area contributed by atoms with Crippen LogP contribution in [0.1, 0.15) is 123 Å². The van der Waals surface area contributed by atoms with Gasteiger partial charge in [0.05, 0.1) is 11.4 Å².